The van der Waals surface area contributed by atoms with Gasteiger partial charge in [0.25, 0.3) is 5.82 Å². The zero-order valence-corrected chi connectivity index (χ0v) is 16.9. The molecule has 1 aromatic carbocycles. The first-order valence-electron chi connectivity index (χ1n) is 9.96. The highest BCUT2D eigenvalue weighted by Gasteiger charge is 2.35. The van der Waals surface area contributed by atoms with Crippen LogP contribution in [0.4, 0.5) is 5.82 Å². The minimum absolute atomic E-state index is 0.258. The fourth-order valence-corrected chi connectivity index (χ4v) is 3.79. The van der Waals surface area contributed by atoms with E-state index in [4.69, 9.17) is 4.74 Å². The van der Waals surface area contributed by atoms with Crippen molar-refractivity contribution in [2.75, 3.05) is 18.0 Å². The Morgan fingerprint density at radius 2 is 1.93 bits per heavy atom. The Labute approximate surface area is 162 Å². The molecule has 142 valence electrons. The van der Waals surface area contributed by atoms with Crippen LogP contribution in [0.5, 0.6) is 0 Å². The number of nitriles is 1. The second kappa shape index (κ2) is 8.10. The molecule has 2 aromatic rings. The SMILES string of the molecule is CCCCN(CC)c1[nH+]c(-c2ccccc2)c2c(c1C#N)CC(C)(C)OC2. The highest BCUT2D eigenvalue weighted by Crippen LogP contribution is 2.36. The van der Waals surface area contributed by atoms with Gasteiger partial charge in [0.15, 0.2) is 0 Å². The fraction of sp³-hybridized carbons (Fsp3) is 0.478. The van der Waals surface area contributed by atoms with Crippen LogP contribution in [-0.2, 0) is 17.8 Å². The maximum atomic E-state index is 10.0. The molecule has 1 aliphatic heterocycles. The monoisotopic (exact) mass is 364 g/mol. The summed E-state index contributed by atoms with van der Waals surface area (Å²) < 4.78 is 6.10. The van der Waals surface area contributed by atoms with Crippen LogP contribution in [-0.4, -0.2) is 18.7 Å². The van der Waals surface area contributed by atoms with Gasteiger partial charge >= 0.3 is 0 Å². The van der Waals surface area contributed by atoms with Gasteiger partial charge in [-0.1, -0.05) is 43.7 Å². The van der Waals surface area contributed by atoms with Gasteiger partial charge in [0.2, 0.25) is 0 Å². The Bertz CT molecular complexity index is 837. The Hall–Kier alpha value is -2.38. The summed E-state index contributed by atoms with van der Waals surface area (Å²) in [6.07, 6.45) is 2.99. The highest BCUT2D eigenvalue weighted by atomic mass is 16.5. The second-order valence-corrected chi connectivity index (χ2v) is 7.82. The Kier molecular flexibility index (Phi) is 5.82. The quantitative estimate of drug-likeness (QED) is 0.757. The van der Waals surface area contributed by atoms with E-state index in [1.54, 1.807) is 0 Å². The Morgan fingerprint density at radius 1 is 1.19 bits per heavy atom. The maximum Gasteiger partial charge on any atom is 0.293 e. The molecule has 0 saturated heterocycles. The summed E-state index contributed by atoms with van der Waals surface area (Å²) in [5.41, 5.74) is 4.98. The number of benzene rings is 1. The van der Waals surface area contributed by atoms with Crippen molar-refractivity contribution in [3.63, 3.8) is 0 Å². The average molecular weight is 365 g/mol. The number of nitrogens with one attached hydrogen (secondary N) is 1. The van der Waals surface area contributed by atoms with E-state index in [0.717, 1.165) is 66.1 Å². The van der Waals surface area contributed by atoms with Crippen LogP contribution in [0, 0.1) is 11.3 Å². The van der Waals surface area contributed by atoms with Crippen LogP contribution in [0.3, 0.4) is 0 Å². The maximum absolute atomic E-state index is 10.0. The average Bonchev–Trinajstić information content (AvgIpc) is 2.67. The van der Waals surface area contributed by atoms with Gasteiger partial charge < -0.3 is 4.74 Å². The number of fused-ring (bicyclic) bond motifs is 1. The summed E-state index contributed by atoms with van der Waals surface area (Å²) in [7, 11) is 0. The van der Waals surface area contributed by atoms with Crippen molar-refractivity contribution < 1.29 is 9.72 Å². The first-order valence-corrected chi connectivity index (χ1v) is 9.96. The number of H-pyrrole nitrogens is 1. The summed E-state index contributed by atoms with van der Waals surface area (Å²) in [5.74, 6) is 0.948. The van der Waals surface area contributed by atoms with E-state index in [1.807, 2.05) is 6.07 Å². The van der Waals surface area contributed by atoms with E-state index in [1.165, 1.54) is 0 Å². The van der Waals surface area contributed by atoms with E-state index >= 15 is 0 Å². The lowest BCUT2D eigenvalue weighted by molar-refractivity contribution is -0.352. The van der Waals surface area contributed by atoms with Crippen molar-refractivity contribution in [2.45, 2.75) is 59.2 Å². The topological polar surface area (TPSA) is 50.4 Å². The molecule has 0 spiro atoms. The summed E-state index contributed by atoms with van der Waals surface area (Å²) in [6, 6.07) is 12.9. The van der Waals surface area contributed by atoms with Gasteiger partial charge in [-0.3, -0.25) is 4.90 Å². The number of hydrogen-bond acceptors (Lipinski definition) is 3. The number of ether oxygens (including phenoxy) is 1. The normalized spacial score (nSPS) is 15.1. The van der Waals surface area contributed by atoms with E-state index in [2.05, 4.69) is 67.9 Å². The van der Waals surface area contributed by atoms with Crippen LogP contribution in [0.2, 0.25) is 0 Å². The van der Waals surface area contributed by atoms with E-state index in [0.29, 0.717) is 6.61 Å². The van der Waals surface area contributed by atoms with Gasteiger partial charge in [-0.2, -0.15) is 5.26 Å². The van der Waals surface area contributed by atoms with Gasteiger partial charge in [-0.05, 0) is 32.8 Å². The van der Waals surface area contributed by atoms with Gasteiger partial charge in [0.1, 0.15) is 17.3 Å². The third-order valence-electron chi connectivity index (χ3n) is 5.31. The zero-order chi connectivity index (χ0) is 19.4. The lowest BCUT2D eigenvalue weighted by Crippen LogP contribution is -2.38. The highest BCUT2D eigenvalue weighted by molar-refractivity contribution is 5.68. The third kappa shape index (κ3) is 3.99. The molecule has 1 aromatic heterocycles. The molecule has 0 unspecified atom stereocenters. The standard InChI is InChI=1S/C23H29N3O/c1-5-7-13-26(6-2)22-19(15-24)18-14-23(3,4)27-16-20(18)21(25-22)17-11-9-8-10-12-17/h8-12H,5-7,13-14,16H2,1-4H3/p+1. The predicted octanol–water partition coefficient (Wildman–Crippen LogP) is 4.52. The minimum atomic E-state index is -0.258. The second-order valence-electron chi connectivity index (χ2n) is 7.82. The van der Waals surface area contributed by atoms with Gasteiger partial charge in [0, 0.05) is 17.5 Å². The van der Waals surface area contributed by atoms with Crippen LogP contribution < -0.4 is 9.88 Å². The molecule has 27 heavy (non-hydrogen) atoms. The summed E-state index contributed by atoms with van der Waals surface area (Å²) in [5, 5.41) is 10.0. The molecule has 4 nitrogen and oxygen atoms in total. The number of nitrogens with zero attached hydrogens (tertiary/aromatic N) is 2. The summed E-state index contributed by atoms with van der Waals surface area (Å²) in [4.78, 5) is 5.92. The van der Waals surface area contributed by atoms with Crippen molar-refractivity contribution in [2.24, 2.45) is 0 Å². The predicted molar refractivity (Wildman–Crippen MR) is 109 cm³/mol. The lowest BCUT2D eigenvalue weighted by atomic mass is 9.87. The van der Waals surface area contributed by atoms with Crippen molar-refractivity contribution in [3.05, 3.63) is 47.0 Å². The van der Waals surface area contributed by atoms with Crippen LogP contribution in [0.15, 0.2) is 30.3 Å². The van der Waals surface area contributed by atoms with Crippen molar-refractivity contribution >= 4 is 5.82 Å². The number of aromatic amines is 1. The Balaban J connectivity index is 2.23. The zero-order valence-electron chi connectivity index (χ0n) is 16.9. The Morgan fingerprint density at radius 3 is 2.56 bits per heavy atom. The van der Waals surface area contributed by atoms with Gasteiger partial charge in [-0.15, -0.1) is 0 Å². The number of unbranched alkanes of at least 4 members (excludes halogenated alkanes) is 1. The smallest absolute Gasteiger partial charge is 0.293 e. The first-order chi connectivity index (χ1) is 13.0. The molecular formula is C23H30N3O+. The number of anilines is 1. The lowest BCUT2D eigenvalue weighted by Gasteiger charge is -2.33. The van der Waals surface area contributed by atoms with E-state index in [-0.39, 0.29) is 5.60 Å². The molecule has 0 aliphatic carbocycles. The third-order valence-corrected chi connectivity index (χ3v) is 5.31. The molecule has 1 aliphatic rings. The molecular weight excluding hydrogens is 334 g/mol. The van der Waals surface area contributed by atoms with Crippen molar-refractivity contribution in [1.29, 1.82) is 5.26 Å². The number of rotatable bonds is 6. The largest absolute Gasteiger partial charge is 0.370 e. The molecule has 3 rings (SSSR count). The first kappa shape index (κ1) is 19.4. The van der Waals surface area contributed by atoms with Crippen molar-refractivity contribution in [1.82, 2.24) is 0 Å². The molecule has 0 atom stereocenters. The number of aromatic nitrogens is 1. The molecule has 1 N–H and O–H groups in total. The molecule has 0 radical (unpaired) electrons. The minimum Gasteiger partial charge on any atom is -0.370 e. The van der Waals surface area contributed by atoms with Crippen LogP contribution >= 0.6 is 0 Å². The van der Waals surface area contributed by atoms with Crippen LogP contribution in [0.1, 0.15) is 57.2 Å². The molecule has 0 amide bonds. The number of pyridine rings is 1. The van der Waals surface area contributed by atoms with Gasteiger partial charge in [0.05, 0.1) is 25.3 Å². The molecule has 0 fully saturated rings. The van der Waals surface area contributed by atoms with E-state index < -0.39 is 0 Å². The van der Waals surface area contributed by atoms with Gasteiger partial charge in [-0.25, -0.2) is 4.98 Å². The van der Waals surface area contributed by atoms with Crippen LogP contribution in [0.25, 0.3) is 11.3 Å². The van der Waals surface area contributed by atoms with E-state index in [9.17, 15) is 5.26 Å². The molecule has 0 saturated carbocycles. The molecule has 2 heterocycles. The molecule has 4 heteroatoms. The summed E-state index contributed by atoms with van der Waals surface area (Å²) >= 11 is 0. The van der Waals surface area contributed by atoms with Crippen molar-refractivity contribution in [3.8, 4) is 17.3 Å². The summed E-state index contributed by atoms with van der Waals surface area (Å²) in [6.45, 7) is 10.9. The molecule has 0 bridgehead atoms. The fourth-order valence-electron chi connectivity index (χ4n) is 3.79. The number of hydrogen-bond donors (Lipinski definition) is 0.